The van der Waals surface area contributed by atoms with Crippen molar-refractivity contribution in [1.29, 1.82) is 0 Å². The van der Waals surface area contributed by atoms with Crippen LogP contribution in [0.5, 0.6) is 0 Å². The lowest BCUT2D eigenvalue weighted by molar-refractivity contribution is 0.0497. The van der Waals surface area contributed by atoms with Crippen LogP contribution in [-0.4, -0.2) is 54.7 Å². The van der Waals surface area contributed by atoms with Crippen molar-refractivity contribution in [2.45, 2.75) is 45.6 Å². The van der Waals surface area contributed by atoms with E-state index in [4.69, 9.17) is 4.74 Å². The molecule has 0 unspecified atom stereocenters. The maximum Gasteiger partial charge on any atom is 0.255 e. The van der Waals surface area contributed by atoms with E-state index >= 15 is 0 Å². The predicted octanol–water partition coefficient (Wildman–Crippen LogP) is 2.96. The van der Waals surface area contributed by atoms with Crippen LogP contribution in [0.25, 0.3) is 0 Å². The number of hydrogen-bond acceptors (Lipinski definition) is 4. The highest BCUT2D eigenvalue weighted by atomic mass is 16.5. The number of carbonyl (C=O) groups is 1. The zero-order valence-corrected chi connectivity index (χ0v) is 14.9. The average Bonchev–Trinajstić information content (AvgIpc) is 2.64. The summed E-state index contributed by atoms with van der Waals surface area (Å²) in [5.41, 5.74) is 1.75. The van der Waals surface area contributed by atoms with E-state index in [2.05, 4.69) is 28.6 Å². The molecule has 2 atom stereocenters. The predicted molar refractivity (Wildman–Crippen MR) is 95.4 cm³/mol. The number of amides is 1. The van der Waals surface area contributed by atoms with Gasteiger partial charge in [0.25, 0.3) is 5.91 Å². The van der Waals surface area contributed by atoms with E-state index in [0.717, 1.165) is 57.8 Å². The number of likely N-dealkylation sites (tertiary alicyclic amines) is 1. The Hall–Kier alpha value is -1.62. The van der Waals surface area contributed by atoms with E-state index in [0.29, 0.717) is 17.5 Å². The molecular weight excluding hydrogens is 302 g/mol. The molecule has 2 aliphatic heterocycles. The van der Waals surface area contributed by atoms with Crippen molar-refractivity contribution in [3.63, 3.8) is 0 Å². The Balaban J connectivity index is 1.78. The van der Waals surface area contributed by atoms with Gasteiger partial charge in [0.15, 0.2) is 0 Å². The van der Waals surface area contributed by atoms with E-state index in [9.17, 15) is 4.79 Å². The van der Waals surface area contributed by atoms with Crippen LogP contribution in [0.15, 0.2) is 18.5 Å². The van der Waals surface area contributed by atoms with Gasteiger partial charge in [-0.3, -0.25) is 9.78 Å². The topological polar surface area (TPSA) is 45.7 Å². The van der Waals surface area contributed by atoms with E-state index in [1.54, 1.807) is 6.20 Å². The molecule has 132 valence electrons. The smallest absolute Gasteiger partial charge is 0.255 e. The lowest BCUT2D eigenvalue weighted by atomic mass is 9.87. The van der Waals surface area contributed by atoms with Crippen LogP contribution in [0.2, 0.25) is 0 Å². The fourth-order valence-corrected chi connectivity index (χ4v) is 3.94. The SMILES string of the molecule is CCC[C@H]1[C@@H](C)CCCN1C(=O)c1cncc(N2CCOCC2)c1. The molecule has 2 aliphatic rings. The van der Waals surface area contributed by atoms with E-state index in [-0.39, 0.29) is 5.91 Å². The number of nitrogens with zero attached hydrogens (tertiary/aromatic N) is 3. The second-order valence-electron chi connectivity index (χ2n) is 7.01. The van der Waals surface area contributed by atoms with Gasteiger partial charge in [0.05, 0.1) is 30.7 Å². The zero-order valence-electron chi connectivity index (χ0n) is 14.9. The first kappa shape index (κ1) is 17.2. The maximum absolute atomic E-state index is 13.1. The largest absolute Gasteiger partial charge is 0.378 e. The van der Waals surface area contributed by atoms with Crippen molar-refractivity contribution in [3.05, 3.63) is 24.0 Å². The molecule has 3 heterocycles. The molecule has 0 saturated carbocycles. The normalized spacial score (nSPS) is 24.9. The molecule has 0 N–H and O–H groups in total. The Bertz CT molecular complexity index is 557. The van der Waals surface area contributed by atoms with Crippen molar-refractivity contribution < 1.29 is 9.53 Å². The van der Waals surface area contributed by atoms with Gasteiger partial charge in [0, 0.05) is 31.9 Å². The molecule has 0 spiro atoms. The Morgan fingerprint density at radius 2 is 2.08 bits per heavy atom. The molecule has 1 aromatic rings. The third-order valence-electron chi connectivity index (χ3n) is 5.31. The van der Waals surface area contributed by atoms with Gasteiger partial charge in [-0.15, -0.1) is 0 Å². The van der Waals surface area contributed by atoms with Crippen LogP contribution in [0.4, 0.5) is 5.69 Å². The quantitative estimate of drug-likeness (QED) is 0.851. The van der Waals surface area contributed by atoms with Gasteiger partial charge in [-0.1, -0.05) is 20.3 Å². The molecule has 0 aliphatic carbocycles. The molecule has 24 heavy (non-hydrogen) atoms. The van der Waals surface area contributed by atoms with Gasteiger partial charge in [0.1, 0.15) is 0 Å². The highest BCUT2D eigenvalue weighted by Gasteiger charge is 2.32. The Labute approximate surface area is 145 Å². The monoisotopic (exact) mass is 331 g/mol. The Kier molecular flexibility index (Phi) is 5.72. The van der Waals surface area contributed by atoms with Gasteiger partial charge >= 0.3 is 0 Å². The number of pyridine rings is 1. The highest BCUT2D eigenvalue weighted by Crippen LogP contribution is 2.28. The first-order valence-corrected chi connectivity index (χ1v) is 9.29. The van der Waals surface area contributed by atoms with Crippen molar-refractivity contribution in [2.75, 3.05) is 37.7 Å². The fraction of sp³-hybridized carbons (Fsp3) is 0.684. The molecule has 1 amide bonds. The third-order valence-corrected chi connectivity index (χ3v) is 5.31. The van der Waals surface area contributed by atoms with Crippen LogP contribution in [0.3, 0.4) is 0 Å². The molecular formula is C19H29N3O2. The lowest BCUT2D eigenvalue weighted by Gasteiger charge is -2.40. The summed E-state index contributed by atoms with van der Waals surface area (Å²) in [6.07, 6.45) is 8.09. The van der Waals surface area contributed by atoms with E-state index < -0.39 is 0 Å². The summed E-state index contributed by atoms with van der Waals surface area (Å²) in [7, 11) is 0. The number of morpholine rings is 1. The molecule has 0 aromatic carbocycles. The zero-order chi connectivity index (χ0) is 16.9. The summed E-state index contributed by atoms with van der Waals surface area (Å²) >= 11 is 0. The summed E-state index contributed by atoms with van der Waals surface area (Å²) in [6, 6.07) is 2.37. The number of hydrogen-bond donors (Lipinski definition) is 0. The molecule has 0 radical (unpaired) electrons. The summed E-state index contributed by atoms with van der Waals surface area (Å²) < 4.78 is 5.41. The van der Waals surface area contributed by atoms with Gasteiger partial charge in [0.2, 0.25) is 0 Å². The van der Waals surface area contributed by atoms with Crippen molar-refractivity contribution in [2.24, 2.45) is 5.92 Å². The van der Waals surface area contributed by atoms with Crippen molar-refractivity contribution in [3.8, 4) is 0 Å². The van der Waals surface area contributed by atoms with Gasteiger partial charge in [-0.05, 0) is 31.2 Å². The number of piperidine rings is 1. The number of carbonyl (C=O) groups excluding carboxylic acids is 1. The van der Waals surface area contributed by atoms with Crippen LogP contribution in [0, 0.1) is 5.92 Å². The van der Waals surface area contributed by atoms with E-state index in [1.807, 2.05) is 12.3 Å². The van der Waals surface area contributed by atoms with Gasteiger partial charge in [-0.2, -0.15) is 0 Å². The number of anilines is 1. The molecule has 5 nitrogen and oxygen atoms in total. The van der Waals surface area contributed by atoms with Crippen LogP contribution in [-0.2, 0) is 4.74 Å². The molecule has 2 saturated heterocycles. The van der Waals surface area contributed by atoms with Crippen molar-refractivity contribution >= 4 is 11.6 Å². The van der Waals surface area contributed by atoms with E-state index in [1.165, 1.54) is 6.42 Å². The summed E-state index contributed by atoms with van der Waals surface area (Å²) in [5.74, 6) is 0.723. The minimum Gasteiger partial charge on any atom is -0.378 e. The van der Waals surface area contributed by atoms with Crippen LogP contribution < -0.4 is 4.90 Å². The highest BCUT2D eigenvalue weighted by molar-refractivity contribution is 5.95. The van der Waals surface area contributed by atoms with Crippen LogP contribution in [0.1, 0.15) is 49.9 Å². The fourth-order valence-electron chi connectivity index (χ4n) is 3.94. The van der Waals surface area contributed by atoms with Gasteiger partial charge in [-0.25, -0.2) is 0 Å². The Morgan fingerprint density at radius 3 is 2.83 bits per heavy atom. The number of rotatable bonds is 4. The Morgan fingerprint density at radius 1 is 1.29 bits per heavy atom. The molecule has 0 bridgehead atoms. The van der Waals surface area contributed by atoms with Crippen molar-refractivity contribution in [1.82, 2.24) is 9.88 Å². The summed E-state index contributed by atoms with van der Waals surface area (Å²) in [6.45, 7) is 8.54. The molecule has 5 heteroatoms. The summed E-state index contributed by atoms with van der Waals surface area (Å²) in [4.78, 5) is 21.8. The maximum atomic E-state index is 13.1. The number of ether oxygens (including phenoxy) is 1. The minimum atomic E-state index is 0.141. The molecule has 1 aromatic heterocycles. The third kappa shape index (κ3) is 3.72. The molecule has 3 rings (SSSR count). The first-order chi connectivity index (χ1) is 11.7. The van der Waals surface area contributed by atoms with Gasteiger partial charge < -0.3 is 14.5 Å². The first-order valence-electron chi connectivity index (χ1n) is 9.29. The van der Waals surface area contributed by atoms with Crippen LogP contribution >= 0.6 is 0 Å². The minimum absolute atomic E-state index is 0.141. The second-order valence-corrected chi connectivity index (χ2v) is 7.01. The average molecular weight is 331 g/mol. The molecule has 2 fully saturated rings. The lowest BCUT2D eigenvalue weighted by Crippen LogP contribution is -2.47. The summed E-state index contributed by atoms with van der Waals surface area (Å²) in [5, 5.41) is 0. The standard InChI is InChI=1S/C19H29N3O2/c1-3-5-18-15(2)6-4-7-22(18)19(23)16-12-17(14-20-13-16)21-8-10-24-11-9-21/h12-15,18H,3-11H2,1-2H3/t15-,18-/m0/s1. The number of aromatic nitrogens is 1. The second kappa shape index (κ2) is 7.97.